The molecule has 5 heteroatoms. The first-order valence-electron chi connectivity index (χ1n) is 8.31. The normalized spacial score (nSPS) is 23.4. The number of nitrogens with zero attached hydrogens (tertiary/aromatic N) is 1. The van der Waals surface area contributed by atoms with E-state index < -0.39 is 0 Å². The lowest BCUT2D eigenvalue weighted by molar-refractivity contribution is -0.126. The Kier molecular flexibility index (Phi) is 5.88. The smallest absolute Gasteiger partial charge is 0.410 e. The highest BCUT2D eigenvalue weighted by Gasteiger charge is 2.35. The summed E-state index contributed by atoms with van der Waals surface area (Å²) in [5.41, 5.74) is 0. The van der Waals surface area contributed by atoms with E-state index in [2.05, 4.69) is 5.32 Å². The molecule has 2 aliphatic rings. The molecule has 0 spiro atoms. The van der Waals surface area contributed by atoms with Crippen molar-refractivity contribution in [1.29, 1.82) is 0 Å². The Morgan fingerprint density at radius 2 is 1.86 bits per heavy atom. The van der Waals surface area contributed by atoms with E-state index in [1.54, 1.807) is 4.90 Å². The molecule has 2 fully saturated rings. The highest BCUT2D eigenvalue weighted by atomic mass is 16.6. The lowest BCUT2D eigenvalue weighted by Gasteiger charge is -2.28. The average molecular weight is 296 g/mol. The van der Waals surface area contributed by atoms with Gasteiger partial charge < -0.3 is 10.1 Å². The van der Waals surface area contributed by atoms with Crippen molar-refractivity contribution in [2.45, 2.75) is 70.9 Å². The minimum atomic E-state index is -0.343. The van der Waals surface area contributed by atoms with E-state index in [1.807, 2.05) is 13.8 Å². The lowest BCUT2D eigenvalue weighted by Crippen LogP contribution is -2.49. The zero-order valence-corrected chi connectivity index (χ0v) is 13.3. The fourth-order valence-corrected chi connectivity index (χ4v) is 3.12. The summed E-state index contributed by atoms with van der Waals surface area (Å²) in [6, 6.07) is -0.0491. The lowest BCUT2D eigenvalue weighted by atomic mass is 9.95. The van der Waals surface area contributed by atoms with Crippen molar-refractivity contribution in [3.05, 3.63) is 0 Å². The third-order valence-electron chi connectivity index (χ3n) is 4.28. The number of hydrogen-bond donors (Lipinski definition) is 1. The molecule has 2 amide bonds. The molecule has 0 aromatic rings. The average Bonchev–Trinajstić information content (AvgIpc) is 2.95. The van der Waals surface area contributed by atoms with E-state index in [9.17, 15) is 9.59 Å². The van der Waals surface area contributed by atoms with Gasteiger partial charge in [-0.2, -0.15) is 0 Å². The molecule has 5 nitrogen and oxygen atoms in total. The third kappa shape index (κ3) is 4.61. The molecule has 1 aliphatic heterocycles. The van der Waals surface area contributed by atoms with Gasteiger partial charge in [0, 0.05) is 12.6 Å². The maximum absolute atomic E-state index is 12.4. The standard InChI is InChI=1S/C16H28N2O3/c1-12(2)11-21-16(20)18-10-6-9-14(18)15(19)17-13-7-4-3-5-8-13/h12-14H,3-11H2,1-2H3,(H,17,19)/t14-/m0/s1. The maximum Gasteiger partial charge on any atom is 0.410 e. The maximum atomic E-state index is 12.4. The summed E-state index contributed by atoms with van der Waals surface area (Å²) in [5, 5.41) is 3.12. The summed E-state index contributed by atoms with van der Waals surface area (Å²) >= 11 is 0. The van der Waals surface area contributed by atoms with Crippen molar-refractivity contribution in [1.82, 2.24) is 10.2 Å². The minimum Gasteiger partial charge on any atom is -0.449 e. The Morgan fingerprint density at radius 3 is 2.52 bits per heavy atom. The summed E-state index contributed by atoms with van der Waals surface area (Å²) in [6.07, 6.45) is 7.06. The largest absolute Gasteiger partial charge is 0.449 e. The zero-order valence-electron chi connectivity index (χ0n) is 13.3. The van der Waals surface area contributed by atoms with Crippen LogP contribution in [0.15, 0.2) is 0 Å². The second-order valence-electron chi connectivity index (χ2n) is 6.67. The second-order valence-corrected chi connectivity index (χ2v) is 6.67. The van der Waals surface area contributed by atoms with Crippen LogP contribution >= 0.6 is 0 Å². The Labute approximate surface area is 127 Å². The number of nitrogens with one attached hydrogen (secondary N) is 1. The van der Waals surface area contributed by atoms with Gasteiger partial charge in [-0.25, -0.2) is 4.79 Å². The van der Waals surface area contributed by atoms with E-state index in [4.69, 9.17) is 4.74 Å². The first-order valence-corrected chi connectivity index (χ1v) is 8.31. The predicted molar refractivity (Wildman–Crippen MR) is 80.9 cm³/mol. The zero-order chi connectivity index (χ0) is 15.2. The first kappa shape index (κ1) is 16.1. The van der Waals surface area contributed by atoms with Gasteiger partial charge in [-0.1, -0.05) is 33.1 Å². The summed E-state index contributed by atoms with van der Waals surface area (Å²) in [5.74, 6) is 0.312. The number of hydrogen-bond acceptors (Lipinski definition) is 3. The second kappa shape index (κ2) is 7.66. The van der Waals surface area contributed by atoms with Gasteiger partial charge in [-0.3, -0.25) is 9.69 Å². The van der Waals surface area contributed by atoms with Crippen LogP contribution in [-0.2, 0) is 9.53 Å². The molecule has 2 rings (SSSR count). The highest BCUT2D eigenvalue weighted by Crippen LogP contribution is 2.21. The van der Waals surface area contributed by atoms with E-state index in [0.29, 0.717) is 25.1 Å². The van der Waals surface area contributed by atoms with Crippen LogP contribution in [0.2, 0.25) is 0 Å². The molecule has 1 saturated heterocycles. The van der Waals surface area contributed by atoms with Crippen LogP contribution in [0.5, 0.6) is 0 Å². The number of ether oxygens (including phenoxy) is 1. The highest BCUT2D eigenvalue weighted by molar-refractivity contribution is 5.86. The molecule has 0 radical (unpaired) electrons. The number of carbonyl (C=O) groups is 2. The number of carbonyl (C=O) groups excluding carboxylic acids is 2. The Morgan fingerprint density at radius 1 is 1.14 bits per heavy atom. The molecule has 0 bridgehead atoms. The van der Waals surface area contributed by atoms with Crippen molar-refractivity contribution in [2.75, 3.05) is 13.2 Å². The predicted octanol–water partition coefficient (Wildman–Crippen LogP) is 2.69. The molecule has 1 heterocycles. The fourth-order valence-electron chi connectivity index (χ4n) is 3.12. The molecule has 1 saturated carbocycles. The molecule has 0 unspecified atom stereocenters. The van der Waals surface area contributed by atoms with E-state index in [-0.39, 0.29) is 18.0 Å². The summed E-state index contributed by atoms with van der Waals surface area (Å²) in [6.45, 7) is 5.04. The molecule has 1 atom stereocenters. The molecular weight excluding hydrogens is 268 g/mol. The molecule has 0 aromatic heterocycles. The van der Waals surface area contributed by atoms with Gasteiger partial charge in [-0.05, 0) is 31.6 Å². The van der Waals surface area contributed by atoms with Gasteiger partial charge in [0.25, 0.3) is 0 Å². The van der Waals surface area contributed by atoms with E-state index in [0.717, 1.165) is 25.7 Å². The molecule has 1 N–H and O–H groups in total. The Bertz CT molecular complexity index is 365. The van der Waals surface area contributed by atoms with Crippen LogP contribution in [0.4, 0.5) is 4.79 Å². The number of rotatable bonds is 4. The van der Waals surface area contributed by atoms with Gasteiger partial charge in [0.15, 0.2) is 0 Å². The first-order chi connectivity index (χ1) is 10.1. The minimum absolute atomic E-state index is 0.000830. The summed E-state index contributed by atoms with van der Waals surface area (Å²) in [7, 11) is 0. The van der Waals surface area contributed by atoms with Crippen LogP contribution in [0.1, 0.15) is 58.8 Å². The van der Waals surface area contributed by atoms with E-state index in [1.165, 1.54) is 19.3 Å². The van der Waals surface area contributed by atoms with Crippen molar-refractivity contribution < 1.29 is 14.3 Å². The van der Waals surface area contributed by atoms with Crippen molar-refractivity contribution >= 4 is 12.0 Å². The van der Waals surface area contributed by atoms with Crippen LogP contribution < -0.4 is 5.32 Å². The molecule has 0 aromatic carbocycles. The molecule has 120 valence electrons. The molecule has 21 heavy (non-hydrogen) atoms. The van der Waals surface area contributed by atoms with Gasteiger partial charge in [-0.15, -0.1) is 0 Å². The number of likely N-dealkylation sites (tertiary alicyclic amines) is 1. The SMILES string of the molecule is CC(C)COC(=O)N1CCC[C@H]1C(=O)NC1CCCCC1. The van der Waals surface area contributed by atoms with Crippen LogP contribution in [-0.4, -0.2) is 42.1 Å². The topological polar surface area (TPSA) is 58.6 Å². The van der Waals surface area contributed by atoms with Crippen molar-refractivity contribution in [2.24, 2.45) is 5.92 Å². The van der Waals surface area contributed by atoms with Gasteiger partial charge in [0.1, 0.15) is 6.04 Å². The van der Waals surface area contributed by atoms with E-state index >= 15 is 0 Å². The van der Waals surface area contributed by atoms with Crippen molar-refractivity contribution in [3.8, 4) is 0 Å². The summed E-state index contributed by atoms with van der Waals surface area (Å²) in [4.78, 5) is 26.1. The summed E-state index contributed by atoms with van der Waals surface area (Å²) < 4.78 is 5.26. The van der Waals surface area contributed by atoms with Crippen molar-refractivity contribution in [3.63, 3.8) is 0 Å². The van der Waals surface area contributed by atoms with Crippen LogP contribution in [0, 0.1) is 5.92 Å². The van der Waals surface area contributed by atoms with Gasteiger partial charge >= 0.3 is 6.09 Å². The monoisotopic (exact) mass is 296 g/mol. The fraction of sp³-hybridized carbons (Fsp3) is 0.875. The number of amides is 2. The van der Waals surface area contributed by atoms with Gasteiger partial charge in [0.2, 0.25) is 5.91 Å². The Hall–Kier alpha value is -1.26. The molecule has 1 aliphatic carbocycles. The van der Waals surface area contributed by atoms with Gasteiger partial charge in [0.05, 0.1) is 6.61 Å². The Balaban J connectivity index is 1.85. The third-order valence-corrected chi connectivity index (χ3v) is 4.28. The van der Waals surface area contributed by atoms with Crippen LogP contribution in [0.3, 0.4) is 0 Å². The quantitative estimate of drug-likeness (QED) is 0.867. The molecular formula is C16H28N2O3. The van der Waals surface area contributed by atoms with Crippen LogP contribution in [0.25, 0.3) is 0 Å².